The lowest BCUT2D eigenvalue weighted by molar-refractivity contribution is -1.14. The Morgan fingerprint density at radius 3 is 2.65 bits per heavy atom. The van der Waals surface area contributed by atoms with Crippen molar-refractivity contribution in [1.29, 1.82) is 0 Å². The molecule has 5 rings (SSSR count). The van der Waals surface area contributed by atoms with E-state index in [1.807, 2.05) is 6.07 Å². The molecule has 2 unspecified atom stereocenters. The molecule has 2 aromatic carbocycles. The molecule has 2 aromatic rings. The second-order valence-electron chi connectivity index (χ2n) is 7.18. The highest BCUT2D eigenvalue weighted by Crippen LogP contribution is 2.49. The molecule has 0 amide bonds. The van der Waals surface area contributed by atoms with Gasteiger partial charge in [-0.25, -0.2) is 5.21 Å². The van der Waals surface area contributed by atoms with Gasteiger partial charge in [-0.2, -0.15) is 4.65 Å². The van der Waals surface area contributed by atoms with Gasteiger partial charge in [-0.15, -0.1) is 0 Å². The Morgan fingerprint density at radius 2 is 1.88 bits per heavy atom. The van der Waals surface area contributed by atoms with Crippen molar-refractivity contribution in [3.05, 3.63) is 46.5 Å². The molecule has 3 heterocycles. The molecule has 1 N–H and O–H groups in total. The SMILES string of the molecule is COc1ccc2c(c1OC)C[N+]1(O)CCc3cc4c(cc3C1C2)OCO4. The van der Waals surface area contributed by atoms with Crippen LogP contribution in [0.3, 0.4) is 0 Å². The van der Waals surface area contributed by atoms with E-state index in [0.29, 0.717) is 18.8 Å². The number of fused-ring (bicyclic) bond motifs is 5. The molecule has 0 spiro atoms. The van der Waals surface area contributed by atoms with Crippen molar-refractivity contribution >= 4 is 0 Å². The number of hydrogen-bond acceptors (Lipinski definition) is 5. The number of rotatable bonds is 2. The Morgan fingerprint density at radius 1 is 1.08 bits per heavy atom. The second kappa shape index (κ2) is 5.53. The predicted molar refractivity (Wildman–Crippen MR) is 92.9 cm³/mol. The number of ether oxygens (including phenoxy) is 4. The van der Waals surface area contributed by atoms with Crippen molar-refractivity contribution in [1.82, 2.24) is 0 Å². The minimum Gasteiger partial charge on any atom is -0.493 e. The highest BCUT2D eigenvalue weighted by Gasteiger charge is 2.47. The van der Waals surface area contributed by atoms with E-state index in [-0.39, 0.29) is 17.5 Å². The summed E-state index contributed by atoms with van der Waals surface area (Å²) >= 11 is 0. The molecule has 6 nitrogen and oxygen atoms in total. The Bertz CT molecular complexity index is 896. The molecule has 0 radical (unpaired) electrons. The normalized spacial score (nSPS) is 25.1. The third-order valence-corrected chi connectivity index (χ3v) is 5.93. The summed E-state index contributed by atoms with van der Waals surface area (Å²) in [5.74, 6) is 3.02. The second-order valence-corrected chi connectivity index (χ2v) is 7.18. The average Bonchev–Trinajstić information content (AvgIpc) is 3.11. The molecule has 26 heavy (non-hydrogen) atoms. The zero-order valence-corrected chi connectivity index (χ0v) is 14.9. The molecule has 0 bridgehead atoms. The Hall–Kier alpha value is -2.44. The first-order valence-corrected chi connectivity index (χ1v) is 8.87. The largest absolute Gasteiger partial charge is 0.493 e. The van der Waals surface area contributed by atoms with Gasteiger partial charge in [-0.05, 0) is 29.3 Å². The first-order valence-electron chi connectivity index (χ1n) is 8.87. The van der Waals surface area contributed by atoms with Gasteiger partial charge in [0.2, 0.25) is 6.79 Å². The van der Waals surface area contributed by atoms with Gasteiger partial charge in [0.1, 0.15) is 19.1 Å². The number of hydroxylamine groups is 3. The molecule has 3 aliphatic heterocycles. The van der Waals surface area contributed by atoms with Gasteiger partial charge in [-0.1, -0.05) is 6.07 Å². The van der Waals surface area contributed by atoms with Crippen LogP contribution in [0.15, 0.2) is 24.3 Å². The number of methoxy groups -OCH3 is 2. The molecular formula is C20H22NO5+. The summed E-state index contributed by atoms with van der Waals surface area (Å²) in [6, 6.07) is 8.14. The Labute approximate surface area is 152 Å². The summed E-state index contributed by atoms with van der Waals surface area (Å²) in [6.07, 6.45) is 1.55. The van der Waals surface area contributed by atoms with Crippen LogP contribution in [0, 0.1) is 0 Å². The van der Waals surface area contributed by atoms with Crippen molar-refractivity contribution in [3.63, 3.8) is 0 Å². The van der Waals surface area contributed by atoms with E-state index in [0.717, 1.165) is 41.2 Å². The van der Waals surface area contributed by atoms with Gasteiger partial charge in [0.15, 0.2) is 23.0 Å². The molecule has 0 aliphatic carbocycles. The van der Waals surface area contributed by atoms with Crippen LogP contribution < -0.4 is 18.9 Å². The molecule has 6 heteroatoms. The van der Waals surface area contributed by atoms with E-state index in [9.17, 15) is 5.21 Å². The van der Waals surface area contributed by atoms with Crippen LogP contribution in [0.1, 0.15) is 28.3 Å². The van der Waals surface area contributed by atoms with Gasteiger partial charge in [-0.3, -0.25) is 0 Å². The maximum absolute atomic E-state index is 11.5. The van der Waals surface area contributed by atoms with Gasteiger partial charge in [0.25, 0.3) is 0 Å². The van der Waals surface area contributed by atoms with Crippen molar-refractivity contribution in [2.45, 2.75) is 25.4 Å². The summed E-state index contributed by atoms with van der Waals surface area (Å²) in [4.78, 5) is 0. The number of quaternary nitrogens is 1. The topological polar surface area (TPSA) is 57.2 Å². The summed E-state index contributed by atoms with van der Waals surface area (Å²) in [5.41, 5.74) is 4.63. The number of hydrogen-bond donors (Lipinski definition) is 1. The minimum atomic E-state index is -0.0150. The fraction of sp³-hybridized carbons (Fsp3) is 0.400. The van der Waals surface area contributed by atoms with Crippen LogP contribution in [0.5, 0.6) is 23.0 Å². The zero-order chi connectivity index (χ0) is 17.9. The van der Waals surface area contributed by atoms with Crippen LogP contribution in [0.2, 0.25) is 0 Å². The van der Waals surface area contributed by atoms with E-state index < -0.39 is 0 Å². The maximum atomic E-state index is 11.5. The number of benzene rings is 2. The molecular weight excluding hydrogens is 334 g/mol. The molecule has 0 aromatic heterocycles. The third kappa shape index (κ3) is 2.12. The first kappa shape index (κ1) is 15.8. The summed E-state index contributed by atoms with van der Waals surface area (Å²) in [7, 11) is 3.29. The first-order chi connectivity index (χ1) is 12.6. The smallest absolute Gasteiger partial charge is 0.231 e. The average molecular weight is 356 g/mol. The third-order valence-electron chi connectivity index (χ3n) is 5.93. The lowest BCUT2D eigenvalue weighted by Gasteiger charge is -2.45. The van der Waals surface area contributed by atoms with Crippen molar-refractivity contribution in [2.75, 3.05) is 27.6 Å². The van der Waals surface area contributed by atoms with E-state index in [1.165, 1.54) is 11.1 Å². The van der Waals surface area contributed by atoms with Crippen molar-refractivity contribution in [3.8, 4) is 23.0 Å². The lowest BCUT2D eigenvalue weighted by atomic mass is 9.83. The predicted octanol–water partition coefficient (Wildman–Crippen LogP) is 2.99. The molecule has 136 valence electrons. The van der Waals surface area contributed by atoms with Gasteiger partial charge in [0, 0.05) is 18.4 Å². The fourth-order valence-electron chi connectivity index (χ4n) is 4.60. The highest BCUT2D eigenvalue weighted by molar-refractivity contribution is 5.54. The van der Waals surface area contributed by atoms with Gasteiger partial charge >= 0.3 is 0 Å². The van der Waals surface area contributed by atoms with Crippen molar-refractivity contribution < 1.29 is 28.8 Å². The standard InChI is InChI=1S/C20H22NO5/c1-23-17-4-3-12-7-16-14-9-19-18(25-11-26-19)8-13(14)5-6-21(16,22)10-15(12)20(17)24-2/h3-4,8-9,16,22H,5-7,10-11H2,1-2H3/q+1. The van der Waals surface area contributed by atoms with Gasteiger partial charge in [0.05, 0.1) is 19.8 Å². The quantitative estimate of drug-likeness (QED) is 0.839. The summed E-state index contributed by atoms with van der Waals surface area (Å²) in [6.45, 7) is 1.44. The monoisotopic (exact) mass is 356 g/mol. The van der Waals surface area contributed by atoms with E-state index in [2.05, 4.69) is 18.2 Å². The molecule has 0 saturated carbocycles. The minimum absolute atomic E-state index is 0.0107. The highest BCUT2D eigenvalue weighted by atomic mass is 16.7. The van der Waals surface area contributed by atoms with E-state index >= 15 is 0 Å². The summed E-state index contributed by atoms with van der Waals surface area (Å²) in [5, 5.41) is 11.5. The number of nitrogens with zero attached hydrogens (tertiary/aromatic N) is 1. The molecule has 2 atom stereocenters. The van der Waals surface area contributed by atoms with Crippen LogP contribution in [-0.2, 0) is 19.4 Å². The zero-order valence-electron chi connectivity index (χ0n) is 14.9. The molecule has 0 saturated heterocycles. The molecule has 3 aliphatic rings. The van der Waals surface area contributed by atoms with Crippen LogP contribution in [0.25, 0.3) is 0 Å². The van der Waals surface area contributed by atoms with Crippen LogP contribution >= 0.6 is 0 Å². The molecule has 0 fully saturated rings. The van der Waals surface area contributed by atoms with Crippen LogP contribution in [-0.4, -0.2) is 37.4 Å². The maximum Gasteiger partial charge on any atom is 0.231 e. The summed E-state index contributed by atoms with van der Waals surface area (Å²) < 4.78 is 22.1. The Balaban J connectivity index is 1.62. The lowest BCUT2D eigenvalue weighted by Crippen LogP contribution is -2.54. The Kier molecular flexibility index (Phi) is 3.36. The van der Waals surface area contributed by atoms with Crippen LogP contribution in [0.4, 0.5) is 0 Å². The van der Waals surface area contributed by atoms with E-state index in [1.54, 1.807) is 14.2 Å². The fourth-order valence-corrected chi connectivity index (χ4v) is 4.60. The van der Waals surface area contributed by atoms with Gasteiger partial charge < -0.3 is 18.9 Å². The van der Waals surface area contributed by atoms with E-state index in [4.69, 9.17) is 18.9 Å². The van der Waals surface area contributed by atoms with Crippen molar-refractivity contribution in [2.24, 2.45) is 0 Å².